The van der Waals surface area contributed by atoms with Gasteiger partial charge in [-0.25, -0.2) is 4.79 Å². The van der Waals surface area contributed by atoms with Crippen LogP contribution in [0.5, 0.6) is 17.2 Å². The fourth-order valence-electron chi connectivity index (χ4n) is 2.31. The predicted octanol–water partition coefficient (Wildman–Crippen LogP) is 4.88. The van der Waals surface area contributed by atoms with Gasteiger partial charge in [0, 0.05) is 0 Å². The summed E-state index contributed by atoms with van der Waals surface area (Å²) in [4.78, 5) is 12.2. The van der Waals surface area contributed by atoms with E-state index < -0.39 is 5.97 Å². The maximum absolute atomic E-state index is 12.2. The summed E-state index contributed by atoms with van der Waals surface area (Å²) >= 11 is 0. The Morgan fingerprint density at radius 1 is 1.04 bits per heavy atom. The van der Waals surface area contributed by atoms with Crippen LogP contribution in [0.4, 0.5) is 0 Å². The van der Waals surface area contributed by atoms with E-state index in [2.05, 4.69) is 6.92 Å². The highest BCUT2D eigenvalue weighted by atomic mass is 16.5. The van der Waals surface area contributed by atoms with Crippen LogP contribution in [0.2, 0.25) is 0 Å². The van der Waals surface area contributed by atoms with Crippen molar-refractivity contribution < 1.29 is 19.4 Å². The molecular formula is C20H24O4. The minimum Gasteiger partial charge on any atom is -0.508 e. The molecule has 0 radical (unpaired) electrons. The maximum atomic E-state index is 12.2. The van der Waals surface area contributed by atoms with Crippen molar-refractivity contribution in [1.29, 1.82) is 0 Å². The highest BCUT2D eigenvalue weighted by Crippen LogP contribution is 2.23. The number of aryl methyl sites for hydroxylation is 1. The van der Waals surface area contributed by atoms with Crippen molar-refractivity contribution in [2.45, 2.75) is 39.5 Å². The predicted molar refractivity (Wildman–Crippen MR) is 93.9 cm³/mol. The van der Waals surface area contributed by atoms with Gasteiger partial charge in [-0.1, -0.05) is 26.2 Å². The molecule has 128 valence electrons. The molecule has 0 spiro atoms. The van der Waals surface area contributed by atoms with Crippen LogP contribution in [0.25, 0.3) is 0 Å². The molecule has 0 aliphatic carbocycles. The fraction of sp³-hybridized carbons (Fsp3) is 0.350. The number of ether oxygens (including phenoxy) is 2. The molecule has 0 aromatic heterocycles. The topological polar surface area (TPSA) is 55.8 Å². The average Bonchev–Trinajstić information content (AvgIpc) is 2.57. The minimum atomic E-state index is -0.432. The Morgan fingerprint density at radius 3 is 2.46 bits per heavy atom. The number of aromatic hydroxyl groups is 1. The molecule has 0 aliphatic heterocycles. The number of phenols is 1. The van der Waals surface area contributed by atoms with Crippen molar-refractivity contribution in [2.75, 3.05) is 6.61 Å². The average molecular weight is 328 g/mol. The normalized spacial score (nSPS) is 10.4. The van der Waals surface area contributed by atoms with E-state index in [0.29, 0.717) is 23.5 Å². The van der Waals surface area contributed by atoms with Crippen molar-refractivity contribution in [3.8, 4) is 17.2 Å². The first-order valence-corrected chi connectivity index (χ1v) is 8.35. The Hall–Kier alpha value is -2.49. The van der Waals surface area contributed by atoms with Crippen LogP contribution in [-0.2, 0) is 0 Å². The van der Waals surface area contributed by atoms with E-state index in [1.54, 1.807) is 43.3 Å². The number of unbranched alkanes of at least 4 members (excludes halogenated alkanes) is 3. The summed E-state index contributed by atoms with van der Waals surface area (Å²) in [6.45, 7) is 4.65. The smallest absolute Gasteiger partial charge is 0.343 e. The molecule has 0 unspecified atom stereocenters. The lowest BCUT2D eigenvalue weighted by Gasteiger charge is -2.09. The van der Waals surface area contributed by atoms with E-state index >= 15 is 0 Å². The number of benzene rings is 2. The quantitative estimate of drug-likeness (QED) is 0.426. The summed E-state index contributed by atoms with van der Waals surface area (Å²) < 4.78 is 11.0. The zero-order valence-electron chi connectivity index (χ0n) is 14.2. The standard InChI is InChI=1S/C20H24O4/c1-3-4-5-6-13-23-18-10-7-16(8-11-18)20(22)24-19-12-9-17(21)14-15(19)2/h7-12,14,21H,3-6,13H2,1-2H3. The van der Waals surface area contributed by atoms with E-state index in [-0.39, 0.29) is 5.75 Å². The molecule has 2 aromatic carbocycles. The van der Waals surface area contributed by atoms with Gasteiger partial charge in [0.2, 0.25) is 0 Å². The highest BCUT2D eigenvalue weighted by Gasteiger charge is 2.11. The van der Waals surface area contributed by atoms with Crippen LogP contribution >= 0.6 is 0 Å². The molecule has 0 amide bonds. The molecule has 4 heteroatoms. The summed E-state index contributed by atoms with van der Waals surface area (Å²) in [6.07, 6.45) is 4.65. The Bertz CT molecular complexity index is 662. The monoisotopic (exact) mass is 328 g/mol. The van der Waals surface area contributed by atoms with Gasteiger partial charge < -0.3 is 14.6 Å². The van der Waals surface area contributed by atoms with Crippen molar-refractivity contribution in [3.05, 3.63) is 53.6 Å². The molecule has 1 N–H and O–H groups in total. The number of hydrogen-bond acceptors (Lipinski definition) is 4. The second-order valence-electron chi connectivity index (χ2n) is 5.77. The summed E-state index contributed by atoms with van der Waals surface area (Å²) in [5.41, 5.74) is 1.16. The largest absolute Gasteiger partial charge is 0.508 e. The lowest BCUT2D eigenvalue weighted by atomic mass is 10.2. The minimum absolute atomic E-state index is 0.146. The van der Waals surface area contributed by atoms with Gasteiger partial charge in [0.25, 0.3) is 0 Å². The van der Waals surface area contributed by atoms with Crippen LogP contribution in [0, 0.1) is 6.92 Å². The lowest BCUT2D eigenvalue weighted by molar-refractivity contribution is 0.0733. The van der Waals surface area contributed by atoms with Gasteiger partial charge in [-0.15, -0.1) is 0 Å². The molecule has 0 aliphatic rings. The Balaban J connectivity index is 1.89. The fourth-order valence-corrected chi connectivity index (χ4v) is 2.31. The first kappa shape index (κ1) is 17.9. The molecule has 2 aromatic rings. The van der Waals surface area contributed by atoms with Gasteiger partial charge in [0.15, 0.2) is 0 Å². The third-order valence-electron chi connectivity index (χ3n) is 3.72. The Morgan fingerprint density at radius 2 is 1.79 bits per heavy atom. The van der Waals surface area contributed by atoms with Gasteiger partial charge >= 0.3 is 5.97 Å². The van der Waals surface area contributed by atoms with Crippen molar-refractivity contribution in [2.24, 2.45) is 0 Å². The lowest BCUT2D eigenvalue weighted by Crippen LogP contribution is -2.09. The van der Waals surface area contributed by atoms with E-state index in [4.69, 9.17) is 9.47 Å². The number of carbonyl (C=O) groups excluding carboxylic acids is 1. The third kappa shape index (κ3) is 5.30. The van der Waals surface area contributed by atoms with Crippen LogP contribution in [0.15, 0.2) is 42.5 Å². The van der Waals surface area contributed by atoms with E-state index in [9.17, 15) is 9.90 Å². The summed E-state index contributed by atoms with van der Waals surface area (Å²) in [6, 6.07) is 11.6. The van der Waals surface area contributed by atoms with E-state index in [0.717, 1.165) is 12.2 Å². The maximum Gasteiger partial charge on any atom is 0.343 e. The molecule has 24 heavy (non-hydrogen) atoms. The first-order chi connectivity index (χ1) is 11.6. The number of esters is 1. The van der Waals surface area contributed by atoms with Gasteiger partial charge in [0.05, 0.1) is 12.2 Å². The van der Waals surface area contributed by atoms with Crippen molar-refractivity contribution in [3.63, 3.8) is 0 Å². The molecule has 2 rings (SSSR count). The van der Waals surface area contributed by atoms with Crippen LogP contribution in [0.1, 0.15) is 48.5 Å². The molecule has 0 fully saturated rings. The zero-order chi connectivity index (χ0) is 17.4. The van der Waals surface area contributed by atoms with Gasteiger partial charge in [0.1, 0.15) is 17.2 Å². The molecule has 0 bridgehead atoms. The van der Waals surface area contributed by atoms with Gasteiger partial charge in [-0.3, -0.25) is 0 Å². The van der Waals surface area contributed by atoms with Gasteiger partial charge in [-0.2, -0.15) is 0 Å². The number of rotatable bonds is 8. The molecule has 0 atom stereocenters. The molecule has 4 nitrogen and oxygen atoms in total. The summed E-state index contributed by atoms with van der Waals surface area (Å²) in [7, 11) is 0. The first-order valence-electron chi connectivity index (χ1n) is 8.35. The Labute approximate surface area is 143 Å². The number of carbonyl (C=O) groups is 1. The summed E-state index contributed by atoms with van der Waals surface area (Å²) in [5, 5.41) is 9.38. The molecule has 0 saturated heterocycles. The van der Waals surface area contributed by atoms with Gasteiger partial charge in [-0.05, 0) is 61.4 Å². The Kier molecular flexibility index (Phi) is 6.67. The highest BCUT2D eigenvalue weighted by molar-refractivity contribution is 5.91. The van der Waals surface area contributed by atoms with Crippen molar-refractivity contribution in [1.82, 2.24) is 0 Å². The summed E-state index contributed by atoms with van der Waals surface area (Å²) in [5.74, 6) is 0.906. The number of hydrogen-bond donors (Lipinski definition) is 1. The third-order valence-corrected chi connectivity index (χ3v) is 3.72. The molecular weight excluding hydrogens is 304 g/mol. The van der Waals surface area contributed by atoms with Crippen LogP contribution in [0.3, 0.4) is 0 Å². The zero-order valence-corrected chi connectivity index (χ0v) is 14.2. The number of phenolic OH excluding ortho intramolecular Hbond substituents is 1. The van der Waals surface area contributed by atoms with E-state index in [1.807, 2.05) is 0 Å². The second-order valence-corrected chi connectivity index (χ2v) is 5.77. The van der Waals surface area contributed by atoms with Crippen LogP contribution < -0.4 is 9.47 Å². The second kappa shape index (κ2) is 8.96. The molecule has 0 saturated carbocycles. The van der Waals surface area contributed by atoms with Crippen LogP contribution in [-0.4, -0.2) is 17.7 Å². The SMILES string of the molecule is CCCCCCOc1ccc(C(=O)Oc2ccc(O)cc2C)cc1. The van der Waals surface area contributed by atoms with Crippen molar-refractivity contribution >= 4 is 5.97 Å². The molecule has 0 heterocycles. The van der Waals surface area contributed by atoms with E-state index in [1.165, 1.54) is 25.3 Å².